The molecule has 4 nitrogen and oxygen atoms in total. The van der Waals surface area contributed by atoms with Crippen LogP contribution < -0.4 is 10.7 Å². The number of carbonyl (C=O) groups is 1. The summed E-state index contributed by atoms with van der Waals surface area (Å²) >= 11 is 3.38. The van der Waals surface area contributed by atoms with Gasteiger partial charge < -0.3 is 5.32 Å². The number of halogens is 1. The number of carbonyl (C=O) groups excluding carboxylic acids is 1. The average Bonchev–Trinajstić information content (AvgIpc) is 2.61. The summed E-state index contributed by atoms with van der Waals surface area (Å²) in [6.07, 6.45) is 3.67. The van der Waals surface area contributed by atoms with Gasteiger partial charge in [-0.15, -0.1) is 0 Å². The summed E-state index contributed by atoms with van der Waals surface area (Å²) in [5, 5.41) is 7.04. The number of allylic oxidation sites excluding steroid dienone is 1. The molecular formula is C21H24BrN3O. The van der Waals surface area contributed by atoms with E-state index in [2.05, 4.69) is 69.9 Å². The standard InChI is InChI=1S/C21H24BrN3O/c1-15(2)18-6-4-17(5-7-18)12-16(3)13-24-25-21(26)14-23-20-10-8-19(22)9-11-20/h4-13,15,23H,14H2,1-3H3,(H,25,26)/b16-12-,24-13-. The van der Waals surface area contributed by atoms with E-state index in [4.69, 9.17) is 0 Å². The van der Waals surface area contributed by atoms with E-state index in [-0.39, 0.29) is 12.5 Å². The zero-order valence-corrected chi connectivity index (χ0v) is 16.9. The number of rotatable bonds is 7. The largest absolute Gasteiger partial charge is 0.376 e. The number of nitrogens with zero attached hydrogens (tertiary/aromatic N) is 1. The fraction of sp³-hybridized carbons (Fsp3) is 0.238. The lowest BCUT2D eigenvalue weighted by atomic mass is 10.0. The Morgan fingerprint density at radius 1 is 1.12 bits per heavy atom. The number of amides is 1. The monoisotopic (exact) mass is 413 g/mol. The summed E-state index contributed by atoms with van der Waals surface area (Å²) in [7, 11) is 0. The van der Waals surface area contributed by atoms with Crippen molar-refractivity contribution < 1.29 is 4.79 Å². The van der Waals surface area contributed by atoms with E-state index >= 15 is 0 Å². The van der Waals surface area contributed by atoms with E-state index in [1.165, 1.54) is 5.56 Å². The van der Waals surface area contributed by atoms with Gasteiger partial charge in [-0.05, 0) is 53.8 Å². The zero-order chi connectivity index (χ0) is 18.9. The SMILES string of the molecule is CC(/C=N\NC(=O)CNc1ccc(Br)cc1)=C/c1ccc(C(C)C)cc1. The second kappa shape index (κ2) is 9.92. The molecule has 0 aliphatic heterocycles. The Kier molecular flexibility index (Phi) is 7.60. The van der Waals surface area contributed by atoms with Gasteiger partial charge in [0.25, 0.3) is 5.91 Å². The third-order valence-electron chi connectivity index (χ3n) is 3.75. The molecule has 0 aromatic heterocycles. The molecule has 2 aromatic carbocycles. The fourth-order valence-corrected chi connectivity index (χ4v) is 2.54. The minimum atomic E-state index is -0.196. The van der Waals surface area contributed by atoms with Crippen LogP contribution in [0.25, 0.3) is 6.08 Å². The molecule has 0 unspecified atom stereocenters. The minimum Gasteiger partial charge on any atom is -0.376 e. The van der Waals surface area contributed by atoms with Crippen LogP contribution in [-0.2, 0) is 4.79 Å². The van der Waals surface area contributed by atoms with E-state index in [1.54, 1.807) is 6.21 Å². The Hall–Kier alpha value is -2.40. The van der Waals surface area contributed by atoms with Crippen LogP contribution in [0.15, 0.2) is 63.7 Å². The van der Waals surface area contributed by atoms with Gasteiger partial charge in [0.05, 0.1) is 12.8 Å². The van der Waals surface area contributed by atoms with Crippen LogP contribution in [0.2, 0.25) is 0 Å². The highest BCUT2D eigenvalue weighted by molar-refractivity contribution is 9.10. The topological polar surface area (TPSA) is 53.5 Å². The van der Waals surface area contributed by atoms with Crippen LogP contribution in [0.5, 0.6) is 0 Å². The maximum atomic E-state index is 11.8. The molecule has 5 heteroatoms. The van der Waals surface area contributed by atoms with Gasteiger partial charge in [0.15, 0.2) is 0 Å². The number of anilines is 1. The molecule has 2 aromatic rings. The van der Waals surface area contributed by atoms with Gasteiger partial charge in [-0.25, -0.2) is 5.43 Å². The molecule has 0 saturated heterocycles. The van der Waals surface area contributed by atoms with Crippen molar-refractivity contribution >= 4 is 39.8 Å². The highest BCUT2D eigenvalue weighted by atomic mass is 79.9. The van der Waals surface area contributed by atoms with Gasteiger partial charge in [-0.3, -0.25) is 4.79 Å². The van der Waals surface area contributed by atoms with Crippen molar-refractivity contribution in [3.8, 4) is 0 Å². The maximum Gasteiger partial charge on any atom is 0.259 e. The Morgan fingerprint density at radius 2 is 1.77 bits per heavy atom. The lowest BCUT2D eigenvalue weighted by molar-refractivity contribution is -0.119. The summed E-state index contributed by atoms with van der Waals surface area (Å²) in [5.74, 6) is 0.329. The molecule has 136 valence electrons. The normalized spacial score (nSPS) is 11.8. The number of nitrogens with one attached hydrogen (secondary N) is 2. The van der Waals surface area contributed by atoms with E-state index in [1.807, 2.05) is 37.3 Å². The third kappa shape index (κ3) is 6.84. The third-order valence-corrected chi connectivity index (χ3v) is 4.28. The molecule has 0 fully saturated rings. The quantitative estimate of drug-likeness (QED) is 0.484. The first-order chi connectivity index (χ1) is 12.4. The smallest absolute Gasteiger partial charge is 0.259 e. The molecule has 0 saturated carbocycles. The Labute approximate surface area is 163 Å². The molecular weight excluding hydrogens is 390 g/mol. The van der Waals surface area contributed by atoms with Crippen molar-refractivity contribution in [1.29, 1.82) is 0 Å². The van der Waals surface area contributed by atoms with Crippen molar-refractivity contribution in [2.24, 2.45) is 5.10 Å². The maximum absolute atomic E-state index is 11.8. The summed E-state index contributed by atoms with van der Waals surface area (Å²) in [4.78, 5) is 11.8. The summed E-state index contributed by atoms with van der Waals surface area (Å²) < 4.78 is 0.998. The van der Waals surface area contributed by atoms with Crippen LogP contribution >= 0.6 is 15.9 Å². The van der Waals surface area contributed by atoms with Gasteiger partial charge in [0.2, 0.25) is 0 Å². The molecule has 0 aliphatic carbocycles. The molecule has 0 radical (unpaired) electrons. The van der Waals surface area contributed by atoms with Gasteiger partial charge in [-0.1, -0.05) is 60.1 Å². The minimum absolute atomic E-state index is 0.165. The number of hydrazone groups is 1. The highest BCUT2D eigenvalue weighted by Gasteiger charge is 2.00. The van der Waals surface area contributed by atoms with Crippen LogP contribution in [0, 0.1) is 0 Å². The van der Waals surface area contributed by atoms with Crippen LogP contribution in [0.1, 0.15) is 37.8 Å². The average molecular weight is 414 g/mol. The van der Waals surface area contributed by atoms with Crippen LogP contribution in [0.4, 0.5) is 5.69 Å². The van der Waals surface area contributed by atoms with Crippen molar-refractivity contribution in [2.45, 2.75) is 26.7 Å². The molecule has 26 heavy (non-hydrogen) atoms. The first-order valence-electron chi connectivity index (χ1n) is 8.53. The highest BCUT2D eigenvalue weighted by Crippen LogP contribution is 2.16. The first-order valence-corrected chi connectivity index (χ1v) is 9.33. The second-order valence-corrected chi connectivity index (χ2v) is 7.28. The number of hydrogen-bond acceptors (Lipinski definition) is 3. The summed E-state index contributed by atoms with van der Waals surface area (Å²) in [5.41, 5.74) is 6.80. The number of benzene rings is 2. The number of hydrogen-bond donors (Lipinski definition) is 2. The Morgan fingerprint density at radius 3 is 2.38 bits per heavy atom. The Bertz CT molecular complexity index is 778. The second-order valence-electron chi connectivity index (χ2n) is 6.36. The van der Waals surface area contributed by atoms with E-state index in [0.29, 0.717) is 5.92 Å². The molecule has 2 rings (SSSR count). The molecule has 0 heterocycles. The summed E-state index contributed by atoms with van der Waals surface area (Å²) in [6.45, 7) is 6.47. The Balaban J connectivity index is 1.80. The van der Waals surface area contributed by atoms with Gasteiger partial charge in [0.1, 0.15) is 0 Å². The molecule has 1 amide bonds. The van der Waals surface area contributed by atoms with E-state index in [9.17, 15) is 4.79 Å². The molecule has 0 aliphatic rings. The predicted molar refractivity (Wildman–Crippen MR) is 113 cm³/mol. The van der Waals surface area contributed by atoms with Crippen molar-refractivity contribution in [1.82, 2.24) is 5.43 Å². The lowest BCUT2D eigenvalue weighted by Gasteiger charge is -2.05. The zero-order valence-electron chi connectivity index (χ0n) is 15.3. The van der Waals surface area contributed by atoms with Gasteiger partial charge >= 0.3 is 0 Å². The molecule has 2 N–H and O–H groups in total. The van der Waals surface area contributed by atoms with E-state index in [0.717, 1.165) is 21.3 Å². The van der Waals surface area contributed by atoms with Crippen molar-refractivity contribution in [2.75, 3.05) is 11.9 Å². The van der Waals surface area contributed by atoms with Crippen LogP contribution in [-0.4, -0.2) is 18.7 Å². The van der Waals surface area contributed by atoms with Crippen molar-refractivity contribution in [3.63, 3.8) is 0 Å². The van der Waals surface area contributed by atoms with Gasteiger partial charge in [-0.2, -0.15) is 5.10 Å². The lowest BCUT2D eigenvalue weighted by Crippen LogP contribution is -2.25. The first kappa shape index (κ1) is 19.9. The fourth-order valence-electron chi connectivity index (χ4n) is 2.27. The molecule has 0 spiro atoms. The van der Waals surface area contributed by atoms with Crippen LogP contribution in [0.3, 0.4) is 0 Å². The van der Waals surface area contributed by atoms with E-state index < -0.39 is 0 Å². The van der Waals surface area contributed by atoms with Gasteiger partial charge in [0, 0.05) is 10.2 Å². The molecule has 0 bridgehead atoms. The van der Waals surface area contributed by atoms with Crippen molar-refractivity contribution in [3.05, 3.63) is 69.7 Å². The summed E-state index contributed by atoms with van der Waals surface area (Å²) in [6, 6.07) is 16.1. The predicted octanol–water partition coefficient (Wildman–Crippen LogP) is 5.19. The molecule has 0 atom stereocenters.